The Kier molecular flexibility index (Phi) is 10.3. The second-order valence-electron chi connectivity index (χ2n) is 9.88. The van der Waals surface area contributed by atoms with Crippen LogP contribution in [0.1, 0.15) is 36.2 Å². The molecule has 0 aliphatic rings. The fourth-order valence-corrected chi connectivity index (χ4v) is 4.82. The Morgan fingerprint density at radius 3 is 2.29 bits per heavy atom. The lowest BCUT2D eigenvalue weighted by Gasteiger charge is -2.19. The van der Waals surface area contributed by atoms with E-state index in [1.54, 1.807) is 6.07 Å². The van der Waals surface area contributed by atoms with Gasteiger partial charge in [-0.05, 0) is 47.4 Å². The average molecular weight is 592 g/mol. The van der Waals surface area contributed by atoms with Crippen LogP contribution in [0.4, 0.5) is 5.69 Å². The summed E-state index contributed by atoms with van der Waals surface area (Å²) >= 11 is 12.6. The van der Waals surface area contributed by atoms with Gasteiger partial charge in [-0.15, -0.1) is 0 Å². The van der Waals surface area contributed by atoms with Gasteiger partial charge < -0.3 is 20.5 Å². The van der Waals surface area contributed by atoms with Crippen molar-refractivity contribution < 1.29 is 19.4 Å². The van der Waals surface area contributed by atoms with Crippen LogP contribution in [0.15, 0.2) is 91.0 Å². The zero-order chi connectivity index (χ0) is 29.4. The monoisotopic (exact) mass is 590 g/mol. The normalized spacial score (nSPS) is 12.3. The molecule has 6 nitrogen and oxygen atoms in total. The Hall–Kier alpha value is -4.00. The number of rotatable bonds is 12. The number of hydrogen-bond acceptors (Lipinski definition) is 4. The van der Waals surface area contributed by atoms with Crippen molar-refractivity contribution >= 4 is 40.8 Å². The Bertz CT molecular complexity index is 1490. The van der Waals surface area contributed by atoms with Crippen LogP contribution in [0.25, 0.3) is 11.1 Å². The number of carbonyl (C=O) groups is 2. The Balaban J connectivity index is 1.50. The SMILES string of the molecule is CCC(C)CNc1c(Cl)cc(Cl)cc1C(=O)N[C@@H](Cc1ccc(-c2ccccc2Oc2ccccc2)cc1)C(=O)O. The van der Waals surface area contributed by atoms with Gasteiger partial charge in [0.1, 0.15) is 17.5 Å². The number of anilines is 1. The van der Waals surface area contributed by atoms with E-state index in [0.717, 1.165) is 28.9 Å². The van der Waals surface area contributed by atoms with Crippen molar-refractivity contribution in [1.82, 2.24) is 5.32 Å². The number of carbonyl (C=O) groups excluding carboxylic acids is 1. The third kappa shape index (κ3) is 8.03. The molecule has 1 amide bonds. The quantitative estimate of drug-likeness (QED) is 0.154. The van der Waals surface area contributed by atoms with Crippen LogP contribution >= 0.6 is 23.2 Å². The highest BCUT2D eigenvalue weighted by molar-refractivity contribution is 6.37. The first kappa shape index (κ1) is 30.0. The van der Waals surface area contributed by atoms with Crippen molar-refractivity contribution in [3.63, 3.8) is 0 Å². The number of nitrogens with one attached hydrogen (secondary N) is 2. The van der Waals surface area contributed by atoms with Gasteiger partial charge in [0.25, 0.3) is 5.91 Å². The molecule has 0 aliphatic heterocycles. The molecule has 4 aromatic rings. The van der Waals surface area contributed by atoms with Gasteiger partial charge in [-0.1, -0.05) is 104 Å². The van der Waals surface area contributed by atoms with E-state index in [9.17, 15) is 14.7 Å². The number of halogens is 2. The topological polar surface area (TPSA) is 87.7 Å². The van der Waals surface area contributed by atoms with Gasteiger partial charge in [-0.2, -0.15) is 0 Å². The van der Waals surface area contributed by atoms with Gasteiger partial charge in [0.2, 0.25) is 0 Å². The maximum atomic E-state index is 13.3. The third-order valence-electron chi connectivity index (χ3n) is 6.79. The second-order valence-corrected chi connectivity index (χ2v) is 10.7. The summed E-state index contributed by atoms with van der Waals surface area (Å²) in [6, 6.07) is 26.7. The first-order valence-electron chi connectivity index (χ1n) is 13.4. The summed E-state index contributed by atoms with van der Waals surface area (Å²) in [5.74, 6) is 0.0727. The highest BCUT2D eigenvalue weighted by Gasteiger charge is 2.24. The van der Waals surface area contributed by atoms with Gasteiger partial charge in [-0.25, -0.2) is 4.79 Å². The maximum Gasteiger partial charge on any atom is 0.326 e. The number of para-hydroxylation sites is 2. The molecule has 41 heavy (non-hydrogen) atoms. The molecule has 2 atom stereocenters. The molecule has 8 heteroatoms. The van der Waals surface area contributed by atoms with Crippen LogP contribution in [0.5, 0.6) is 11.5 Å². The molecule has 0 heterocycles. The number of carboxylic acid groups (broad SMARTS) is 1. The van der Waals surface area contributed by atoms with Gasteiger partial charge in [0.15, 0.2) is 0 Å². The zero-order valence-corrected chi connectivity index (χ0v) is 24.4. The van der Waals surface area contributed by atoms with E-state index in [-0.39, 0.29) is 17.0 Å². The van der Waals surface area contributed by atoms with Crippen molar-refractivity contribution in [2.45, 2.75) is 32.7 Å². The summed E-state index contributed by atoms with van der Waals surface area (Å²) in [4.78, 5) is 25.4. The fourth-order valence-electron chi connectivity index (χ4n) is 4.25. The standard InChI is InChI=1S/C33H32Cl2N2O4/c1-3-21(2)20-36-31-27(18-24(34)19-28(31)35)32(38)37-29(33(39)40)17-22-13-15-23(16-14-22)26-11-7-8-12-30(26)41-25-9-5-4-6-10-25/h4-16,18-19,21,29,36H,3,17,20H2,1-2H3,(H,37,38)(H,39,40)/t21?,29-/m0/s1. The van der Waals surface area contributed by atoms with E-state index in [4.69, 9.17) is 27.9 Å². The van der Waals surface area contributed by atoms with E-state index in [1.165, 1.54) is 6.07 Å². The van der Waals surface area contributed by atoms with Gasteiger partial charge >= 0.3 is 5.97 Å². The largest absolute Gasteiger partial charge is 0.480 e. The van der Waals surface area contributed by atoms with Crippen molar-refractivity contribution in [2.24, 2.45) is 5.92 Å². The smallest absolute Gasteiger partial charge is 0.326 e. The molecule has 4 aromatic carbocycles. The molecule has 1 unspecified atom stereocenters. The number of benzene rings is 4. The average Bonchev–Trinajstić information content (AvgIpc) is 2.97. The van der Waals surface area contributed by atoms with Gasteiger partial charge in [0, 0.05) is 23.6 Å². The lowest BCUT2D eigenvalue weighted by Crippen LogP contribution is -2.42. The first-order valence-corrected chi connectivity index (χ1v) is 14.2. The molecule has 0 saturated heterocycles. The number of carboxylic acids is 1. The minimum absolute atomic E-state index is 0.0907. The number of amides is 1. The molecule has 212 valence electrons. The summed E-state index contributed by atoms with van der Waals surface area (Å²) in [6.45, 7) is 4.76. The molecular weight excluding hydrogens is 559 g/mol. The number of hydrogen-bond donors (Lipinski definition) is 3. The molecule has 4 rings (SSSR count). The van der Waals surface area contributed by atoms with Crippen LogP contribution in [-0.2, 0) is 11.2 Å². The predicted octanol–water partition coefficient (Wildman–Crippen LogP) is 8.34. The fraction of sp³-hybridized carbons (Fsp3) is 0.212. The molecular formula is C33H32Cl2N2O4. The highest BCUT2D eigenvalue weighted by atomic mass is 35.5. The van der Waals surface area contributed by atoms with Gasteiger partial charge in [-0.3, -0.25) is 4.79 Å². The number of ether oxygens (including phenoxy) is 1. The Morgan fingerprint density at radius 2 is 1.61 bits per heavy atom. The van der Waals surface area contributed by atoms with E-state index in [2.05, 4.69) is 24.5 Å². The van der Waals surface area contributed by atoms with Crippen LogP contribution in [-0.4, -0.2) is 29.6 Å². The Morgan fingerprint density at radius 1 is 0.927 bits per heavy atom. The van der Waals surface area contributed by atoms with Crippen molar-refractivity contribution in [3.05, 3.63) is 112 Å². The second kappa shape index (κ2) is 14.1. The van der Waals surface area contributed by atoms with E-state index in [0.29, 0.717) is 28.9 Å². The summed E-state index contributed by atoms with van der Waals surface area (Å²) in [5.41, 5.74) is 3.20. The molecule has 0 fully saturated rings. The lowest BCUT2D eigenvalue weighted by atomic mass is 9.99. The van der Waals surface area contributed by atoms with Crippen LogP contribution in [0.2, 0.25) is 10.0 Å². The maximum absolute atomic E-state index is 13.3. The predicted molar refractivity (Wildman–Crippen MR) is 165 cm³/mol. The summed E-state index contributed by atoms with van der Waals surface area (Å²) in [7, 11) is 0. The minimum Gasteiger partial charge on any atom is -0.480 e. The highest BCUT2D eigenvalue weighted by Crippen LogP contribution is 2.34. The van der Waals surface area contributed by atoms with Crippen molar-refractivity contribution in [2.75, 3.05) is 11.9 Å². The van der Waals surface area contributed by atoms with E-state index < -0.39 is 17.9 Å². The van der Waals surface area contributed by atoms with E-state index >= 15 is 0 Å². The molecule has 3 N–H and O–H groups in total. The van der Waals surface area contributed by atoms with E-state index in [1.807, 2.05) is 78.9 Å². The summed E-state index contributed by atoms with van der Waals surface area (Å²) in [6.07, 6.45) is 1.04. The van der Waals surface area contributed by atoms with Crippen molar-refractivity contribution in [1.29, 1.82) is 0 Å². The molecule has 0 aliphatic carbocycles. The Labute approximate surface area is 250 Å². The van der Waals surface area contributed by atoms with Crippen LogP contribution in [0.3, 0.4) is 0 Å². The minimum atomic E-state index is -1.16. The van der Waals surface area contributed by atoms with Crippen LogP contribution in [0, 0.1) is 5.92 Å². The first-order chi connectivity index (χ1) is 19.7. The lowest BCUT2D eigenvalue weighted by molar-refractivity contribution is -0.139. The van der Waals surface area contributed by atoms with Crippen LogP contribution < -0.4 is 15.4 Å². The zero-order valence-electron chi connectivity index (χ0n) is 22.9. The molecule has 0 spiro atoms. The van der Waals surface area contributed by atoms with Gasteiger partial charge in [0.05, 0.1) is 16.3 Å². The molecule has 0 aromatic heterocycles. The molecule has 0 radical (unpaired) electrons. The third-order valence-corrected chi connectivity index (χ3v) is 7.31. The molecule has 0 bridgehead atoms. The summed E-state index contributed by atoms with van der Waals surface area (Å²) in [5, 5.41) is 16.4. The number of aliphatic carboxylic acids is 1. The summed E-state index contributed by atoms with van der Waals surface area (Å²) < 4.78 is 6.09. The van der Waals surface area contributed by atoms with Crippen molar-refractivity contribution in [3.8, 4) is 22.6 Å². The molecule has 0 saturated carbocycles.